The lowest BCUT2D eigenvalue weighted by Crippen LogP contribution is -2.77. The molecule has 0 bridgehead atoms. The van der Waals surface area contributed by atoms with Crippen molar-refractivity contribution in [3.63, 3.8) is 0 Å². The molecule has 14 radical (unpaired) electrons. The smallest absolute Gasteiger partial charge is 0.303 e. The van der Waals surface area contributed by atoms with Crippen LogP contribution in [0.2, 0.25) is 15.7 Å². The number of carbonyl (C=O) groups is 1. The largest absolute Gasteiger partial charge is 0.481 e. The van der Waals surface area contributed by atoms with Gasteiger partial charge in [0.1, 0.15) is 15.7 Å². The number of aliphatic hydroxyl groups is 2. The van der Waals surface area contributed by atoms with Crippen molar-refractivity contribution in [2.75, 3.05) is 0 Å². The Labute approximate surface area is 232 Å². The molecule has 4 rings (SSSR count). The number of carboxylic acids is 1. The van der Waals surface area contributed by atoms with Gasteiger partial charge in [-0.3, -0.25) is 4.79 Å². The first kappa shape index (κ1) is 29.8. The van der Waals surface area contributed by atoms with Gasteiger partial charge >= 0.3 is 5.97 Å². The molecule has 186 valence electrons. The lowest BCUT2D eigenvalue weighted by atomic mass is 9.13. The van der Waals surface area contributed by atoms with E-state index in [0.29, 0.717) is 12.3 Å². The number of fused-ring (bicyclic) bond motifs is 5. The highest BCUT2D eigenvalue weighted by Crippen LogP contribution is 2.81. The molecule has 0 aromatic heterocycles. The molecule has 4 aliphatic rings. The summed E-state index contributed by atoms with van der Waals surface area (Å²) in [5.41, 5.74) is -5.12. The van der Waals surface area contributed by atoms with E-state index in [9.17, 15) is 20.1 Å². The van der Waals surface area contributed by atoms with E-state index >= 15 is 0 Å². The van der Waals surface area contributed by atoms with E-state index < -0.39 is 44.0 Å². The number of hydrogen-bond donors (Lipinski definition) is 3. The Morgan fingerprint density at radius 3 is 2.05 bits per heavy atom. The Bertz CT molecular complexity index is 942. The Morgan fingerprint density at radius 2 is 1.51 bits per heavy atom. The lowest BCUT2D eigenvalue weighted by molar-refractivity contribution is -0.223. The van der Waals surface area contributed by atoms with E-state index in [4.69, 9.17) is 54.9 Å². The molecular formula is C26H37B7O4. The van der Waals surface area contributed by atoms with Gasteiger partial charge in [-0.05, 0) is 83.8 Å². The van der Waals surface area contributed by atoms with Crippen molar-refractivity contribution in [2.45, 2.75) is 106 Å². The second kappa shape index (κ2) is 8.67. The number of aliphatic carboxylic acids is 1. The average molecular weight is 489 g/mol. The standard InChI is InChI=1S/C26H37B7O4/c1-5-22(27)19-21(4,12-23(28,29)26(33,37)24(19,30)31)16-10-11-20(3)14(13(2)6-9-17(34)35)7-8-15(20)18(16)25(22,32)36/h13-16,18-19,36-37H,5-12H2,1-4H3,(H,34,35)/t13-,14?,15?,16?,18?,19?,20-,21-,22-,25+,26-/m1/s1. The molecule has 0 aromatic rings. The Hall–Kier alpha value is -0.155. The molecule has 3 N–H and O–H groups in total. The van der Waals surface area contributed by atoms with Crippen LogP contribution in [0.15, 0.2) is 0 Å². The molecule has 0 spiro atoms. The third-order valence-corrected chi connectivity index (χ3v) is 12.2. The second-order valence-corrected chi connectivity index (χ2v) is 14.0. The van der Waals surface area contributed by atoms with Crippen LogP contribution in [0.25, 0.3) is 0 Å². The summed E-state index contributed by atoms with van der Waals surface area (Å²) in [4.78, 5) is 11.2. The van der Waals surface area contributed by atoms with Crippen LogP contribution in [-0.4, -0.2) is 87.2 Å². The van der Waals surface area contributed by atoms with Crippen LogP contribution in [0.3, 0.4) is 0 Å². The molecule has 0 amide bonds. The van der Waals surface area contributed by atoms with E-state index in [2.05, 4.69) is 13.8 Å². The zero-order valence-corrected chi connectivity index (χ0v) is 22.9. The van der Waals surface area contributed by atoms with Gasteiger partial charge in [-0.15, -0.1) is 0 Å². The minimum Gasteiger partial charge on any atom is -0.481 e. The third-order valence-electron chi connectivity index (χ3n) is 12.2. The zero-order chi connectivity index (χ0) is 28.2. The molecule has 4 aliphatic carbocycles. The molecule has 0 heterocycles. The summed E-state index contributed by atoms with van der Waals surface area (Å²) in [5.74, 6) is -1.62. The molecule has 11 heteroatoms. The van der Waals surface area contributed by atoms with Gasteiger partial charge in [0.05, 0.1) is 39.2 Å². The molecule has 0 aliphatic heterocycles. The Morgan fingerprint density at radius 1 is 0.946 bits per heavy atom. The van der Waals surface area contributed by atoms with Crippen LogP contribution in [-0.2, 0) is 4.79 Å². The third kappa shape index (κ3) is 3.66. The van der Waals surface area contributed by atoms with E-state index in [-0.39, 0.29) is 48.3 Å². The second-order valence-electron chi connectivity index (χ2n) is 14.0. The predicted octanol–water partition coefficient (Wildman–Crippen LogP) is 1.94. The summed E-state index contributed by atoms with van der Waals surface area (Å²) < 4.78 is 0. The summed E-state index contributed by atoms with van der Waals surface area (Å²) in [6, 6.07) is 0. The fraction of sp³-hybridized carbons (Fsp3) is 0.962. The summed E-state index contributed by atoms with van der Waals surface area (Å²) >= 11 is 0. The lowest BCUT2D eigenvalue weighted by Gasteiger charge is -2.79. The Kier molecular flexibility index (Phi) is 6.99. The molecule has 5 unspecified atom stereocenters. The zero-order valence-electron chi connectivity index (χ0n) is 22.9. The highest BCUT2D eigenvalue weighted by molar-refractivity contribution is 6.52. The van der Waals surface area contributed by atoms with Gasteiger partial charge in [-0.25, -0.2) is 0 Å². The van der Waals surface area contributed by atoms with Crippen LogP contribution >= 0.6 is 0 Å². The molecule has 0 aromatic carbocycles. The molecule has 11 atom stereocenters. The number of rotatable bonds is 5. The first-order chi connectivity index (χ1) is 16.7. The first-order valence-electron chi connectivity index (χ1n) is 13.9. The summed E-state index contributed by atoms with van der Waals surface area (Å²) in [5, 5.41) is 27.6. The van der Waals surface area contributed by atoms with E-state index in [1.54, 1.807) is 0 Å². The van der Waals surface area contributed by atoms with Gasteiger partial charge in [-0.2, -0.15) is 0 Å². The quantitative estimate of drug-likeness (QED) is 0.517. The number of carboxylic acid groups (broad SMARTS) is 1. The van der Waals surface area contributed by atoms with Crippen LogP contribution in [0.1, 0.15) is 79.1 Å². The molecule has 4 saturated carbocycles. The van der Waals surface area contributed by atoms with E-state index in [1.807, 2.05) is 13.8 Å². The monoisotopic (exact) mass is 490 g/mol. The molecule has 4 nitrogen and oxygen atoms in total. The minimum absolute atomic E-state index is 0.0550. The number of hydrogen-bond acceptors (Lipinski definition) is 3. The van der Waals surface area contributed by atoms with Crippen LogP contribution in [0.5, 0.6) is 0 Å². The van der Waals surface area contributed by atoms with Crippen molar-refractivity contribution in [2.24, 2.45) is 46.3 Å². The maximum Gasteiger partial charge on any atom is 0.303 e. The van der Waals surface area contributed by atoms with Gasteiger partial charge in [-0.1, -0.05) is 51.0 Å². The van der Waals surface area contributed by atoms with Gasteiger partial charge in [0.15, 0.2) is 0 Å². The fourth-order valence-electron chi connectivity index (χ4n) is 10.4. The molecule has 0 saturated heterocycles. The van der Waals surface area contributed by atoms with Crippen LogP contribution in [0.4, 0.5) is 0 Å². The summed E-state index contributed by atoms with van der Waals surface area (Å²) in [6.45, 7) is 8.26. The van der Waals surface area contributed by atoms with Crippen molar-refractivity contribution in [1.29, 1.82) is 0 Å². The minimum atomic E-state index is -2.37. The van der Waals surface area contributed by atoms with E-state index in [0.717, 1.165) is 25.7 Å². The summed E-state index contributed by atoms with van der Waals surface area (Å²) in [7, 11) is 46.6. The van der Waals surface area contributed by atoms with Crippen molar-refractivity contribution in [1.82, 2.24) is 0 Å². The maximum absolute atomic E-state index is 12.3. The Balaban J connectivity index is 1.83. The van der Waals surface area contributed by atoms with Crippen LogP contribution < -0.4 is 0 Å². The van der Waals surface area contributed by atoms with Crippen molar-refractivity contribution >= 4 is 60.9 Å². The SMILES string of the molecule is [B]C1([B])C[C@]2(C)C3CC[C@@]4(C)C(CCC4[C@H](C)CCC(=O)O)C3[C@]([B])(O)[C@@]([B])(CC)C2C([B])([B])[C@]1([B])O. The average Bonchev–Trinajstić information content (AvgIpc) is 3.11. The predicted molar refractivity (Wildman–Crippen MR) is 151 cm³/mol. The van der Waals surface area contributed by atoms with Gasteiger partial charge in [0.25, 0.3) is 0 Å². The van der Waals surface area contributed by atoms with Gasteiger partial charge < -0.3 is 15.3 Å². The van der Waals surface area contributed by atoms with Crippen molar-refractivity contribution in [3.05, 3.63) is 0 Å². The van der Waals surface area contributed by atoms with Crippen molar-refractivity contribution < 1.29 is 20.1 Å². The topological polar surface area (TPSA) is 77.8 Å². The van der Waals surface area contributed by atoms with E-state index in [1.165, 1.54) is 0 Å². The fourth-order valence-corrected chi connectivity index (χ4v) is 10.4. The molecule has 37 heavy (non-hydrogen) atoms. The first-order valence-corrected chi connectivity index (χ1v) is 13.9. The maximum atomic E-state index is 12.3. The molecular weight excluding hydrogens is 452 g/mol. The van der Waals surface area contributed by atoms with Gasteiger partial charge in [0, 0.05) is 17.4 Å². The van der Waals surface area contributed by atoms with Gasteiger partial charge in [0.2, 0.25) is 0 Å². The normalized spacial score (nSPS) is 52.9. The highest BCUT2D eigenvalue weighted by atomic mass is 16.4. The highest BCUT2D eigenvalue weighted by Gasteiger charge is 2.76. The molecule has 4 fully saturated rings. The van der Waals surface area contributed by atoms with Crippen LogP contribution in [0, 0.1) is 46.3 Å². The summed E-state index contributed by atoms with van der Waals surface area (Å²) in [6.07, 6.45) is 4.50. The van der Waals surface area contributed by atoms with Crippen molar-refractivity contribution in [3.8, 4) is 0 Å².